The summed E-state index contributed by atoms with van der Waals surface area (Å²) in [5, 5.41) is 36.1. The van der Waals surface area contributed by atoms with Crippen molar-refractivity contribution in [1.29, 1.82) is 0 Å². The van der Waals surface area contributed by atoms with Crippen LogP contribution in [0.5, 0.6) is 23.0 Å². The number of rotatable bonds is 4. The summed E-state index contributed by atoms with van der Waals surface area (Å²) in [4.78, 5) is 7.78. The molecular formula is C32H44N4O4Zn. The van der Waals surface area contributed by atoms with Crippen molar-refractivity contribution in [3.05, 3.63) is 97.1 Å². The molecule has 4 aromatic rings. The van der Waals surface area contributed by atoms with Gasteiger partial charge in [-0.1, -0.05) is 24.3 Å². The van der Waals surface area contributed by atoms with Crippen molar-refractivity contribution in [1.82, 2.24) is 0 Å². The van der Waals surface area contributed by atoms with E-state index in [-0.39, 0.29) is 19.5 Å². The van der Waals surface area contributed by atoms with Gasteiger partial charge < -0.3 is 40.0 Å². The number of hydrogen-bond donors (Lipinski definition) is 4. The Morgan fingerprint density at radius 2 is 0.512 bits per heavy atom. The summed E-state index contributed by atoms with van der Waals surface area (Å²) >= 11 is 0. The van der Waals surface area contributed by atoms with Gasteiger partial charge in [-0.2, -0.15) is 0 Å². The van der Waals surface area contributed by atoms with Crippen LogP contribution in [0.4, 0.5) is 22.7 Å². The minimum Gasteiger partial charge on any atom is -0.508 e. The first-order chi connectivity index (χ1) is 18.8. The molecule has 0 fully saturated rings. The van der Waals surface area contributed by atoms with Crippen molar-refractivity contribution in [3.8, 4) is 23.0 Å². The van der Waals surface area contributed by atoms with Gasteiger partial charge in [0.1, 0.15) is 23.0 Å². The fourth-order valence-corrected chi connectivity index (χ4v) is 3.08. The van der Waals surface area contributed by atoms with E-state index in [0.29, 0.717) is 23.0 Å². The van der Waals surface area contributed by atoms with Crippen LogP contribution in [0.25, 0.3) is 0 Å². The molecule has 0 aliphatic carbocycles. The zero-order valence-corrected chi connectivity index (χ0v) is 28.5. The van der Waals surface area contributed by atoms with E-state index in [1.807, 2.05) is 125 Å². The molecule has 218 valence electrons. The van der Waals surface area contributed by atoms with Gasteiger partial charge in [0.05, 0.1) is 0 Å². The maximum Gasteiger partial charge on any atom is 0.117 e. The second-order valence-electron chi connectivity index (χ2n) is 9.66. The first-order valence-electron chi connectivity index (χ1n) is 12.7. The number of hydrogen-bond acceptors (Lipinski definition) is 8. The van der Waals surface area contributed by atoms with E-state index in [1.54, 1.807) is 48.5 Å². The maximum absolute atomic E-state index is 9.04. The molecule has 0 unspecified atom stereocenters. The van der Waals surface area contributed by atoms with Crippen molar-refractivity contribution in [3.63, 3.8) is 0 Å². The van der Waals surface area contributed by atoms with Crippen LogP contribution in [-0.4, -0.2) is 76.8 Å². The van der Waals surface area contributed by atoms with Crippen molar-refractivity contribution >= 4 is 22.7 Å². The Labute approximate surface area is 258 Å². The first kappa shape index (κ1) is 36.9. The van der Waals surface area contributed by atoms with Crippen LogP contribution in [0.15, 0.2) is 97.1 Å². The standard InChI is InChI=1S/4C8H11NO.Zn/c4*1-9(2)7-4-3-5-8(10)6-7;/h4*3-6,10H,1-2H3;. The monoisotopic (exact) mass is 612 g/mol. The number of anilines is 4. The van der Waals surface area contributed by atoms with Gasteiger partial charge in [0.25, 0.3) is 0 Å². The molecule has 41 heavy (non-hydrogen) atoms. The van der Waals surface area contributed by atoms with Crippen molar-refractivity contribution in [2.75, 3.05) is 76.0 Å². The second-order valence-corrected chi connectivity index (χ2v) is 9.66. The zero-order valence-electron chi connectivity index (χ0n) is 25.5. The Morgan fingerprint density at radius 3 is 0.610 bits per heavy atom. The summed E-state index contributed by atoms with van der Waals surface area (Å²) in [6, 6.07) is 28.6. The van der Waals surface area contributed by atoms with Gasteiger partial charge in [0.2, 0.25) is 0 Å². The summed E-state index contributed by atoms with van der Waals surface area (Å²) < 4.78 is 0. The third kappa shape index (κ3) is 15.3. The summed E-state index contributed by atoms with van der Waals surface area (Å²) in [7, 11) is 15.5. The molecule has 0 amide bonds. The number of phenols is 4. The van der Waals surface area contributed by atoms with E-state index >= 15 is 0 Å². The Morgan fingerprint density at radius 1 is 0.341 bits per heavy atom. The normalized spacial score (nSPS) is 9.17. The SMILES string of the molecule is CN(C)c1cccc(O)c1.CN(C)c1cccc(O)c1.CN(C)c1cccc(O)c1.CN(C)c1cccc(O)c1.[Zn]. The van der Waals surface area contributed by atoms with Crippen LogP contribution < -0.4 is 19.6 Å². The molecule has 0 aliphatic rings. The predicted molar refractivity (Wildman–Crippen MR) is 170 cm³/mol. The maximum atomic E-state index is 9.04. The number of aromatic hydroxyl groups is 4. The van der Waals surface area contributed by atoms with Crippen molar-refractivity contribution < 1.29 is 39.9 Å². The van der Waals surface area contributed by atoms with Gasteiger partial charge >= 0.3 is 0 Å². The average Bonchev–Trinajstić information content (AvgIpc) is 2.90. The third-order valence-corrected chi connectivity index (χ3v) is 5.38. The minimum atomic E-state index is 0. The van der Waals surface area contributed by atoms with Crippen LogP contribution in [0.1, 0.15) is 0 Å². The molecule has 0 spiro atoms. The molecule has 4 rings (SSSR count). The second kappa shape index (κ2) is 19.1. The molecule has 0 radical (unpaired) electrons. The van der Waals surface area contributed by atoms with E-state index in [0.717, 1.165) is 22.7 Å². The van der Waals surface area contributed by atoms with Gasteiger partial charge in [0.15, 0.2) is 0 Å². The number of benzene rings is 4. The van der Waals surface area contributed by atoms with Gasteiger partial charge in [-0.05, 0) is 48.5 Å². The number of phenolic OH excluding ortho intramolecular Hbond substituents is 4. The van der Waals surface area contributed by atoms with Crippen LogP contribution in [-0.2, 0) is 19.5 Å². The largest absolute Gasteiger partial charge is 0.508 e. The van der Waals surface area contributed by atoms with E-state index in [2.05, 4.69) is 0 Å². The van der Waals surface area contributed by atoms with Crippen LogP contribution >= 0.6 is 0 Å². The van der Waals surface area contributed by atoms with Gasteiger partial charge in [-0.25, -0.2) is 0 Å². The molecule has 0 atom stereocenters. The molecule has 0 aliphatic heterocycles. The molecular weight excluding hydrogens is 570 g/mol. The first-order valence-corrected chi connectivity index (χ1v) is 12.7. The van der Waals surface area contributed by atoms with Crippen LogP contribution in [0.2, 0.25) is 0 Å². The van der Waals surface area contributed by atoms with Crippen LogP contribution in [0, 0.1) is 0 Å². The van der Waals surface area contributed by atoms with Gasteiger partial charge in [-0.3, -0.25) is 0 Å². The Balaban J connectivity index is 0.000000516. The molecule has 0 heterocycles. The third-order valence-electron chi connectivity index (χ3n) is 5.38. The molecule has 4 aromatic carbocycles. The predicted octanol–water partition coefficient (Wildman–Crippen LogP) is 5.83. The van der Waals surface area contributed by atoms with Crippen molar-refractivity contribution in [2.45, 2.75) is 0 Å². The Kier molecular flexibility index (Phi) is 17.2. The van der Waals surface area contributed by atoms with Gasteiger partial charge in [0, 0.05) is 123 Å². The smallest absolute Gasteiger partial charge is 0.117 e. The topological polar surface area (TPSA) is 93.9 Å². The van der Waals surface area contributed by atoms with E-state index < -0.39 is 0 Å². The van der Waals surface area contributed by atoms with E-state index in [9.17, 15) is 0 Å². The fourth-order valence-electron chi connectivity index (χ4n) is 3.08. The molecule has 4 N–H and O–H groups in total. The summed E-state index contributed by atoms with van der Waals surface area (Å²) in [6.45, 7) is 0. The molecule has 0 saturated heterocycles. The Hall–Kier alpha value is -4.10. The average molecular weight is 614 g/mol. The molecule has 8 nitrogen and oxygen atoms in total. The van der Waals surface area contributed by atoms with Crippen molar-refractivity contribution in [2.24, 2.45) is 0 Å². The van der Waals surface area contributed by atoms with Gasteiger partial charge in [-0.15, -0.1) is 0 Å². The fraction of sp³-hybridized carbons (Fsp3) is 0.250. The van der Waals surface area contributed by atoms with E-state index in [1.165, 1.54) is 0 Å². The molecule has 0 aromatic heterocycles. The molecule has 0 bridgehead atoms. The quantitative estimate of drug-likeness (QED) is 0.214. The Bertz CT molecular complexity index is 1090. The zero-order chi connectivity index (χ0) is 30.2. The molecule has 0 saturated carbocycles. The summed E-state index contributed by atoms with van der Waals surface area (Å²) in [6.07, 6.45) is 0. The minimum absolute atomic E-state index is 0. The van der Waals surface area contributed by atoms with E-state index in [4.69, 9.17) is 20.4 Å². The molecule has 9 heteroatoms. The van der Waals surface area contributed by atoms with Crippen LogP contribution in [0.3, 0.4) is 0 Å². The summed E-state index contributed by atoms with van der Waals surface area (Å²) in [5.41, 5.74) is 4.06. The number of nitrogens with zero attached hydrogens (tertiary/aromatic N) is 4. The summed E-state index contributed by atoms with van der Waals surface area (Å²) in [5.74, 6) is 1.25.